The number of benzene rings is 1. The van der Waals surface area contributed by atoms with Crippen molar-refractivity contribution in [3.63, 3.8) is 0 Å². The lowest BCUT2D eigenvalue weighted by molar-refractivity contribution is 0.0961. The van der Waals surface area contributed by atoms with Crippen LogP contribution in [0.25, 0.3) is 0 Å². The molecule has 0 amide bonds. The second-order valence-electron chi connectivity index (χ2n) is 5.87. The smallest absolute Gasteiger partial charge is 0.164 e. The largest absolute Gasteiger partial charge is 0.393 e. The minimum Gasteiger partial charge on any atom is -0.393 e. The highest BCUT2D eigenvalue weighted by Gasteiger charge is 2.41. The minimum atomic E-state index is -0.111. The molecule has 1 saturated carbocycles. The van der Waals surface area contributed by atoms with Gasteiger partial charge >= 0.3 is 0 Å². The zero-order valence-corrected chi connectivity index (χ0v) is 11.2. The third kappa shape index (κ3) is 2.72. The van der Waals surface area contributed by atoms with Gasteiger partial charge in [-0.2, -0.15) is 0 Å². The highest BCUT2D eigenvalue weighted by molar-refractivity contribution is 5.96. The Morgan fingerprint density at radius 1 is 1.21 bits per heavy atom. The first kappa shape index (κ1) is 12.8. The Labute approximate surface area is 114 Å². The van der Waals surface area contributed by atoms with E-state index in [1.165, 1.54) is 0 Å². The maximum atomic E-state index is 12.0. The molecule has 3 heteroatoms. The number of aliphatic hydroxyl groups is 1. The lowest BCUT2D eigenvalue weighted by atomic mass is 10.00. The molecule has 2 aliphatic rings. The number of likely N-dealkylation sites (tertiary alicyclic amines) is 1. The van der Waals surface area contributed by atoms with Crippen molar-refractivity contribution in [3.05, 3.63) is 35.9 Å². The summed E-state index contributed by atoms with van der Waals surface area (Å²) in [4.78, 5) is 14.4. The van der Waals surface area contributed by atoms with E-state index in [2.05, 4.69) is 4.90 Å². The van der Waals surface area contributed by atoms with E-state index in [0.29, 0.717) is 18.3 Å². The van der Waals surface area contributed by atoms with Gasteiger partial charge in [0.15, 0.2) is 5.78 Å². The molecule has 3 rings (SSSR count). The number of Topliss-reactive ketones (excluding diaryl/α,β-unsaturated/α-hetero) is 1. The van der Waals surface area contributed by atoms with Crippen LogP contribution in [0.3, 0.4) is 0 Å². The number of hydrogen-bond donors (Lipinski definition) is 1. The Bertz CT molecular complexity index is 445. The van der Waals surface area contributed by atoms with Gasteiger partial charge in [0.2, 0.25) is 0 Å². The molecular weight excluding hydrogens is 238 g/mol. The van der Waals surface area contributed by atoms with Gasteiger partial charge in [-0.05, 0) is 18.8 Å². The molecule has 1 aliphatic carbocycles. The van der Waals surface area contributed by atoms with Gasteiger partial charge in [0, 0.05) is 37.5 Å². The molecule has 1 N–H and O–H groups in total. The average Bonchev–Trinajstić information content (AvgIpc) is 2.99. The number of carbonyl (C=O) groups is 1. The summed E-state index contributed by atoms with van der Waals surface area (Å²) in [6.45, 7) is 2.85. The minimum absolute atomic E-state index is 0.111. The number of rotatable bonds is 4. The van der Waals surface area contributed by atoms with Crippen molar-refractivity contribution >= 4 is 5.78 Å². The maximum Gasteiger partial charge on any atom is 0.164 e. The van der Waals surface area contributed by atoms with Gasteiger partial charge in [-0.1, -0.05) is 30.3 Å². The van der Waals surface area contributed by atoms with Crippen molar-refractivity contribution in [2.75, 3.05) is 19.6 Å². The fourth-order valence-electron chi connectivity index (χ4n) is 3.54. The Balaban J connectivity index is 1.50. The number of hydrogen-bond acceptors (Lipinski definition) is 3. The molecule has 3 atom stereocenters. The van der Waals surface area contributed by atoms with Crippen molar-refractivity contribution < 1.29 is 9.90 Å². The molecule has 3 unspecified atom stereocenters. The molecule has 1 heterocycles. The number of fused-ring (bicyclic) bond motifs is 1. The number of ketones is 1. The summed E-state index contributed by atoms with van der Waals surface area (Å²) >= 11 is 0. The molecule has 1 saturated heterocycles. The van der Waals surface area contributed by atoms with Crippen molar-refractivity contribution in [3.8, 4) is 0 Å². The Kier molecular flexibility index (Phi) is 3.67. The zero-order valence-electron chi connectivity index (χ0n) is 11.2. The zero-order chi connectivity index (χ0) is 13.2. The van der Waals surface area contributed by atoms with Gasteiger partial charge in [0.05, 0.1) is 6.10 Å². The van der Waals surface area contributed by atoms with Crippen molar-refractivity contribution in [2.45, 2.75) is 25.4 Å². The maximum absolute atomic E-state index is 12.0. The molecule has 0 bridgehead atoms. The summed E-state index contributed by atoms with van der Waals surface area (Å²) in [5.74, 6) is 1.33. The predicted molar refractivity (Wildman–Crippen MR) is 74.1 cm³/mol. The fourth-order valence-corrected chi connectivity index (χ4v) is 3.54. The standard InChI is InChI=1S/C16H21NO2/c18-15(12-4-2-1-3-5-12)8-9-17-10-13-6-7-16(19)14(13)11-17/h1-5,13-14,16,19H,6-11H2. The molecule has 1 aromatic carbocycles. The summed E-state index contributed by atoms with van der Waals surface area (Å²) in [6.07, 6.45) is 2.58. The van der Waals surface area contributed by atoms with Crippen LogP contribution in [-0.4, -0.2) is 41.5 Å². The topological polar surface area (TPSA) is 40.5 Å². The van der Waals surface area contributed by atoms with Crippen molar-refractivity contribution in [1.82, 2.24) is 4.90 Å². The van der Waals surface area contributed by atoms with Crippen LogP contribution in [0.15, 0.2) is 30.3 Å². The molecular formula is C16H21NO2. The quantitative estimate of drug-likeness (QED) is 0.840. The van der Waals surface area contributed by atoms with Gasteiger partial charge < -0.3 is 10.0 Å². The predicted octanol–water partition coefficient (Wildman–Crippen LogP) is 1.96. The van der Waals surface area contributed by atoms with Crippen LogP contribution in [0, 0.1) is 11.8 Å². The van der Waals surface area contributed by atoms with Gasteiger partial charge in [0.1, 0.15) is 0 Å². The van der Waals surface area contributed by atoms with Crippen LogP contribution < -0.4 is 0 Å². The molecule has 19 heavy (non-hydrogen) atoms. The number of nitrogens with zero attached hydrogens (tertiary/aromatic N) is 1. The molecule has 3 nitrogen and oxygen atoms in total. The summed E-state index contributed by atoms with van der Waals surface area (Å²) in [7, 11) is 0. The van der Waals surface area contributed by atoms with Crippen molar-refractivity contribution in [1.29, 1.82) is 0 Å². The van der Waals surface area contributed by atoms with Crippen LogP contribution in [0.5, 0.6) is 0 Å². The summed E-state index contributed by atoms with van der Waals surface area (Å²) in [5.41, 5.74) is 0.807. The normalized spacial score (nSPS) is 30.5. The second-order valence-corrected chi connectivity index (χ2v) is 5.87. The first-order chi connectivity index (χ1) is 9.24. The van der Waals surface area contributed by atoms with Crippen LogP contribution >= 0.6 is 0 Å². The SMILES string of the molecule is O=C(CCN1CC2CCC(O)C2C1)c1ccccc1. The van der Waals surface area contributed by atoms with E-state index < -0.39 is 0 Å². The Hall–Kier alpha value is -1.19. The van der Waals surface area contributed by atoms with E-state index in [-0.39, 0.29) is 11.9 Å². The van der Waals surface area contributed by atoms with E-state index in [9.17, 15) is 9.90 Å². The Morgan fingerprint density at radius 3 is 2.74 bits per heavy atom. The van der Waals surface area contributed by atoms with E-state index in [0.717, 1.165) is 38.0 Å². The van der Waals surface area contributed by atoms with Crippen LogP contribution in [-0.2, 0) is 0 Å². The Morgan fingerprint density at radius 2 is 2.00 bits per heavy atom. The van der Waals surface area contributed by atoms with E-state index in [1.54, 1.807) is 0 Å². The third-order valence-corrected chi connectivity index (χ3v) is 4.65. The van der Waals surface area contributed by atoms with Gasteiger partial charge in [-0.25, -0.2) is 0 Å². The van der Waals surface area contributed by atoms with Gasteiger partial charge in [-0.3, -0.25) is 4.79 Å². The van der Waals surface area contributed by atoms with E-state index >= 15 is 0 Å². The molecule has 102 valence electrons. The highest BCUT2D eigenvalue weighted by atomic mass is 16.3. The number of aliphatic hydroxyl groups excluding tert-OH is 1. The first-order valence-corrected chi connectivity index (χ1v) is 7.22. The van der Waals surface area contributed by atoms with E-state index in [4.69, 9.17) is 0 Å². The summed E-state index contributed by atoms with van der Waals surface area (Å²) < 4.78 is 0. The lowest BCUT2D eigenvalue weighted by Gasteiger charge is -2.17. The summed E-state index contributed by atoms with van der Waals surface area (Å²) in [5, 5.41) is 9.88. The first-order valence-electron chi connectivity index (χ1n) is 7.22. The van der Waals surface area contributed by atoms with Crippen LogP contribution in [0.2, 0.25) is 0 Å². The molecule has 2 fully saturated rings. The lowest BCUT2D eigenvalue weighted by Crippen LogP contribution is -2.27. The third-order valence-electron chi connectivity index (χ3n) is 4.65. The van der Waals surface area contributed by atoms with Gasteiger partial charge in [0.25, 0.3) is 0 Å². The second kappa shape index (κ2) is 5.43. The van der Waals surface area contributed by atoms with Crippen molar-refractivity contribution in [2.24, 2.45) is 11.8 Å². The molecule has 0 aromatic heterocycles. The molecule has 1 aliphatic heterocycles. The fraction of sp³-hybridized carbons (Fsp3) is 0.562. The van der Waals surface area contributed by atoms with Gasteiger partial charge in [-0.15, -0.1) is 0 Å². The summed E-state index contributed by atoms with van der Waals surface area (Å²) in [6, 6.07) is 9.50. The average molecular weight is 259 g/mol. The molecule has 0 spiro atoms. The molecule has 1 aromatic rings. The van der Waals surface area contributed by atoms with Crippen LogP contribution in [0.4, 0.5) is 0 Å². The highest BCUT2D eigenvalue weighted by Crippen LogP contribution is 2.37. The van der Waals surface area contributed by atoms with Crippen LogP contribution in [0.1, 0.15) is 29.6 Å². The molecule has 0 radical (unpaired) electrons. The monoisotopic (exact) mass is 259 g/mol. The number of carbonyl (C=O) groups excluding carboxylic acids is 1. The van der Waals surface area contributed by atoms with E-state index in [1.807, 2.05) is 30.3 Å².